The minimum Gasteiger partial charge on any atom is -0.323 e. The van der Waals surface area contributed by atoms with Crippen LogP contribution in [0, 0.1) is 0 Å². The van der Waals surface area contributed by atoms with Crippen LogP contribution in [-0.4, -0.2) is 56.3 Å². The van der Waals surface area contributed by atoms with Crippen molar-refractivity contribution in [1.29, 1.82) is 0 Å². The molecule has 8 atom stereocenters. The van der Waals surface area contributed by atoms with Crippen molar-refractivity contribution in [3.63, 3.8) is 0 Å². The van der Waals surface area contributed by atoms with E-state index < -0.39 is 49.6 Å². The molecule has 354 valence electrons. The van der Waals surface area contributed by atoms with Crippen LogP contribution in [0.15, 0.2) is 85.1 Å². The Hall–Kier alpha value is -2.26. The molecule has 62 heavy (non-hydrogen) atoms. The second-order valence-corrected chi connectivity index (χ2v) is 15.9. The number of rotatable bonds is 28. The van der Waals surface area contributed by atoms with Crippen LogP contribution < -0.4 is 0 Å². The molecule has 5 aliphatic heterocycles. The number of unbranched alkanes of at least 4 members (excludes halogenated alkanes) is 7. The predicted octanol–water partition coefficient (Wildman–Crippen LogP) is 13.9. The van der Waals surface area contributed by atoms with Crippen LogP contribution in [0.1, 0.15) is 183 Å². The summed E-state index contributed by atoms with van der Waals surface area (Å²) in [6.45, 7) is 13.3. The highest BCUT2D eigenvalue weighted by Gasteiger charge is 2.54. The van der Waals surface area contributed by atoms with Gasteiger partial charge in [-0.3, -0.25) is 42.6 Å². The molecule has 0 N–H and O–H groups in total. The van der Waals surface area contributed by atoms with E-state index in [-0.39, 0.29) is 26.1 Å². The fourth-order valence-electron chi connectivity index (χ4n) is 6.65. The molecule has 0 aromatic rings. The van der Waals surface area contributed by atoms with E-state index in [0.29, 0.717) is 25.7 Å². The van der Waals surface area contributed by atoms with Gasteiger partial charge in [0.1, 0.15) is 0 Å². The Morgan fingerprint density at radius 3 is 1.15 bits per heavy atom. The molecule has 5 fully saturated rings. The first kappa shape index (κ1) is 54.1. The van der Waals surface area contributed by atoms with E-state index >= 15 is 0 Å². The minimum atomic E-state index is -1.93. The van der Waals surface area contributed by atoms with E-state index in [0.717, 1.165) is 89.9 Å². The predicted molar refractivity (Wildman–Crippen MR) is 245 cm³/mol. The summed E-state index contributed by atoms with van der Waals surface area (Å²) in [5.41, 5.74) is 0. The van der Waals surface area contributed by atoms with E-state index in [2.05, 4.69) is 109 Å². The lowest BCUT2D eigenvalue weighted by Crippen LogP contribution is -2.60. The first-order chi connectivity index (χ1) is 30.3. The Kier molecular flexibility index (Phi) is 28.3. The minimum absolute atomic E-state index is 0.111. The lowest BCUT2D eigenvalue weighted by atomic mass is 10.2. The van der Waals surface area contributed by atoms with E-state index in [1.54, 1.807) is 0 Å². The normalized spacial score (nSPS) is 30.7. The number of ether oxygens (including phenoxy) is 11. The molecule has 11 heteroatoms. The van der Waals surface area contributed by atoms with E-state index in [1.165, 1.54) is 0 Å². The van der Waals surface area contributed by atoms with Gasteiger partial charge in [-0.15, -0.1) is 0 Å². The van der Waals surface area contributed by atoms with Crippen LogP contribution in [-0.2, 0) is 52.1 Å². The molecular formula is C51H84O11. The molecule has 0 saturated carbocycles. The molecule has 0 aromatic heterocycles. The molecule has 0 aliphatic carbocycles. The molecule has 0 radical (unpaired) electrons. The second kappa shape index (κ2) is 32.4. The van der Waals surface area contributed by atoms with Crippen molar-refractivity contribution in [2.75, 3.05) is 6.79 Å². The largest absolute Gasteiger partial charge is 0.323 e. The summed E-state index contributed by atoms with van der Waals surface area (Å²) in [7, 11) is 0. The van der Waals surface area contributed by atoms with Crippen LogP contribution >= 0.6 is 0 Å². The lowest BCUT2D eigenvalue weighted by molar-refractivity contribution is -0.608. The van der Waals surface area contributed by atoms with Gasteiger partial charge in [0.2, 0.25) is 0 Å². The van der Waals surface area contributed by atoms with Gasteiger partial charge in [-0.05, 0) is 44.9 Å². The number of hydrogen-bond donors (Lipinski definition) is 0. The van der Waals surface area contributed by atoms with Gasteiger partial charge in [-0.25, -0.2) is 0 Å². The van der Waals surface area contributed by atoms with Crippen LogP contribution in [0.25, 0.3) is 0 Å². The smallest absolute Gasteiger partial charge is 0.297 e. The fourth-order valence-corrected chi connectivity index (χ4v) is 6.65. The monoisotopic (exact) mass is 873 g/mol. The van der Waals surface area contributed by atoms with Crippen molar-refractivity contribution in [1.82, 2.24) is 0 Å². The van der Waals surface area contributed by atoms with Gasteiger partial charge in [-0.1, -0.05) is 178 Å². The lowest BCUT2D eigenvalue weighted by Gasteiger charge is -2.49. The molecule has 5 aliphatic rings. The van der Waals surface area contributed by atoms with Crippen molar-refractivity contribution in [3.8, 4) is 0 Å². The van der Waals surface area contributed by atoms with Crippen molar-refractivity contribution in [2.24, 2.45) is 0 Å². The standard InChI is InChI=1S/C51H84O11/c1-8-15-22-29-36-44-54-45(37-30-23-16-9-2)58-51(42-35-28-21-14-7)61-48-52-43-53-49(62-51,40-33-26-19-12-5)59-47(39-32-25-18-11-4)60-50(56-44,41-34-27-20-13-6)57-46(55-48)38-31-24-17-10-3/h22-35,44-48H,8-21,36-43H2,1-7H3. The molecule has 0 spiro atoms. The van der Waals surface area contributed by atoms with Gasteiger partial charge >= 0.3 is 0 Å². The zero-order valence-corrected chi connectivity index (χ0v) is 39.5. The zero-order chi connectivity index (χ0) is 44.6. The van der Waals surface area contributed by atoms with Crippen LogP contribution in [0.3, 0.4) is 0 Å². The highest BCUT2D eigenvalue weighted by molar-refractivity contribution is 4.93. The first-order valence-corrected chi connectivity index (χ1v) is 24.2. The molecule has 0 aromatic carbocycles. The summed E-state index contributed by atoms with van der Waals surface area (Å²) in [5, 5.41) is 0. The number of allylic oxidation sites excluding steroid dienone is 7. The molecule has 4 bridgehead atoms. The summed E-state index contributed by atoms with van der Waals surface area (Å²) in [6.07, 6.45) is 40.0. The second-order valence-electron chi connectivity index (χ2n) is 15.9. The third-order valence-corrected chi connectivity index (χ3v) is 9.96. The molecule has 0 amide bonds. The maximum Gasteiger partial charge on any atom is 0.297 e. The van der Waals surface area contributed by atoms with Crippen molar-refractivity contribution >= 4 is 0 Å². The summed E-state index contributed by atoms with van der Waals surface area (Å²) >= 11 is 0. The average molecular weight is 873 g/mol. The summed E-state index contributed by atoms with van der Waals surface area (Å²) in [4.78, 5) is 0. The Morgan fingerprint density at radius 1 is 0.355 bits per heavy atom. The van der Waals surface area contributed by atoms with Gasteiger partial charge in [0, 0.05) is 44.9 Å². The maximum absolute atomic E-state index is 7.17. The van der Waals surface area contributed by atoms with E-state index in [4.69, 9.17) is 52.1 Å². The zero-order valence-electron chi connectivity index (χ0n) is 39.5. The summed E-state index contributed by atoms with van der Waals surface area (Å²) in [6, 6.07) is 0. The molecule has 8 unspecified atom stereocenters. The van der Waals surface area contributed by atoms with Crippen molar-refractivity contribution < 1.29 is 52.1 Å². The van der Waals surface area contributed by atoms with Gasteiger partial charge in [0.05, 0.1) is 0 Å². The van der Waals surface area contributed by atoms with E-state index in [1.807, 2.05) is 24.3 Å². The topological polar surface area (TPSA) is 102 Å². The number of hydrogen-bond acceptors (Lipinski definition) is 11. The quantitative estimate of drug-likeness (QED) is 0.0702. The molecular weight excluding hydrogens is 789 g/mol. The number of fused-ring (bicyclic) bond motifs is 6. The average Bonchev–Trinajstić information content (AvgIpc) is 3.24. The van der Waals surface area contributed by atoms with Gasteiger partial charge in [-0.2, -0.15) is 0 Å². The Morgan fingerprint density at radius 2 is 0.694 bits per heavy atom. The van der Waals surface area contributed by atoms with Gasteiger partial charge in [0.25, 0.3) is 24.4 Å². The molecule has 5 saturated heterocycles. The van der Waals surface area contributed by atoms with Crippen LogP contribution in [0.5, 0.6) is 0 Å². The maximum atomic E-state index is 7.17. The molecule has 11 nitrogen and oxygen atoms in total. The molecule has 5 rings (SSSR count). The van der Waals surface area contributed by atoms with Crippen LogP contribution in [0.4, 0.5) is 0 Å². The van der Waals surface area contributed by atoms with Crippen LogP contribution in [0.2, 0.25) is 0 Å². The third kappa shape index (κ3) is 21.2. The Labute approximate surface area is 375 Å². The van der Waals surface area contributed by atoms with Crippen molar-refractivity contribution in [3.05, 3.63) is 85.1 Å². The highest BCUT2D eigenvalue weighted by Crippen LogP contribution is 2.42. The van der Waals surface area contributed by atoms with E-state index in [9.17, 15) is 0 Å². The third-order valence-electron chi connectivity index (χ3n) is 9.96. The van der Waals surface area contributed by atoms with Gasteiger partial charge < -0.3 is 9.47 Å². The van der Waals surface area contributed by atoms with Crippen molar-refractivity contribution in [2.45, 2.75) is 233 Å². The highest BCUT2D eigenvalue weighted by atomic mass is 17.1. The SMILES string of the molecule is CCCC=CCC1OC(CC=CCCC)OC2(CC=CCCC)OC3OCOC(CC=CCCC)(OC(CC=CCCC)OC(CC=CCCC)(O1)OC(CC=CCCC)O3)O2. The fraction of sp³-hybridized carbons (Fsp3) is 0.725. The Balaban J connectivity index is 2.44. The summed E-state index contributed by atoms with van der Waals surface area (Å²) < 4.78 is 76.2. The Bertz CT molecular complexity index is 1360. The van der Waals surface area contributed by atoms with Gasteiger partial charge in [0.15, 0.2) is 32.0 Å². The first-order valence-electron chi connectivity index (χ1n) is 24.2. The summed E-state index contributed by atoms with van der Waals surface area (Å²) in [5.74, 6) is -5.58. The molecule has 5 heterocycles.